The molecule has 1 aliphatic heterocycles. The topological polar surface area (TPSA) is 21.6 Å². The van der Waals surface area contributed by atoms with Gasteiger partial charge in [-0.05, 0) is 30.4 Å². The van der Waals surface area contributed by atoms with E-state index in [1.54, 1.807) is 6.07 Å². The van der Waals surface area contributed by atoms with Gasteiger partial charge in [-0.3, -0.25) is 4.99 Å². The van der Waals surface area contributed by atoms with Crippen LogP contribution in [-0.4, -0.2) is 19.0 Å². The van der Waals surface area contributed by atoms with Gasteiger partial charge < -0.3 is 4.74 Å². The summed E-state index contributed by atoms with van der Waals surface area (Å²) in [5.41, 5.74) is 0.133. The standard InChI is InChI=1S/C14H16F3NO/c1-2-10(7-13-8-19-9-18-13)11-4-3-5-12(6-11)14(15,16)17/h3-6,9-10,13H,2,7-8H2,1H3. The third kappa shape index (κ3) is 3.49. The van der Waals surface area contributed by atoms with Crippen LogP contribution in [0.4, 0.5) is 13.2 Å². The minimum atomic E-state index is -4.29. The van der Waals surface area contributed by atoms with Gasteiger partial charge in [0.15, 0.2) is 6.40 Å². The molecule has 0 radical (unpaired) electrons. The number of hydrogen-bond donors (Lipinski definition) is 0. The van der Waals surface area contributed by atoms with Gasteiger partial charge in [0.2, 0.25) is 0 Å². The Morgan fingerprint density at radius 3 is 2.79 bits per heavy atom. The summed E-state index contributed by atoms with van der Waals surface area (Å²) in [5, 5.41) is 0. The number of benzene rings is 1. The van der Waals surface area contributed by atoms with E-state index < -0.39 is 11.7 Å². The molecule has 0 saturated heterocycles. The molecule has 2 atom stereocenters. The Morgan fingerprint density at radius 1 is 1.42 bits per heavy atom. The fourth-order valence-corrected chi connectivity index (χ4v) is 2.29. The van der Waals surface area contributed by atoms with Gasteiger partial charge >= 0.3 is 6.18 Å². The maximum Gasteiger partial charge on any atom is 0.416 e. The summed E-state index contributed by atoms with van der Waals surface area (Å²) in [7, 11) is 0. The summed E-state index contributed by atoms with van der Waals surface area (Å²) in [5.74, 6) is 0.0751. The van der Waals surface area contributed by atoms with Crippen LogP contribution in [0.5, 0.6) is 0 Å². The summed E-state index contributed by atoms with van der Waals surface area (Å²) in [6, 6.07) is 5.62. The molecule has 1 aliphatic rings. The molecule has 1 heterocycles. The van der Waals surface area contributed by atoms with Crippen molar-refractivity contribution < 1.29 is 17.9 Å². The van der Waals surface area contributed by atoms with Crippen molar-refractivity contribution in [1.29, 1.82) is 0 Å². The highest BCUT2D eigenvalue weighted by Crippen LogP contribution is 2.33. The predicted octanol–water partition coefficient (Wildman–Crippen LogP) is 4.02. The summed E-state index contributed by atoms with van der Waals surface area (Å²) < 4.78 is 43.1. The lowest BCUT2D eigenvalue weighted by atomic mass is 9.89. The lowest BCUT2D eigenvalue weighted by Gasteiger charge is -2.18. The first-order valence-corrected chi connectivity index (χ1v) is 6.31. The molecule has 19 heavy (non-hydrogen) atoms. The van der Waals surface area contributed by atoms with Crippen molar-refractivity contribution in [2.75, 3.05) is 6.61 Å². The van der Waals surface area contributed by atoms with Gasteiger partial charge in [0, 0.05) is 0 Å². The molecule has 104 valence electrons. The SMILES string of the molecule is CCC(CC1COC=N1)c1cccc(C(F)(F)F)c1. The van der Waals surface area contributed by atoms with E-state index in [9.17, 15) is 13.2 Å². The Morgan fingerprint density at radius 2 is 2.21 bits per heavy atom. The van der Waals surface area contributed by atoms with E-state index >= 15 is 0 Å². The van der Waals surface area contributed by atoms with E-state index in [-0.39, 0.29) is 12.0 Å². The van der Waals surface area contributed by atoms with Gasteiger partial charge in [-0.25, -0.2) is 0 Å². The van der Waals surface area contributed by atoms with Crippen LogP contribution >= 0.6 is 0 Å². The maximum atomic E-state index is 12.7. The first kappa shape index (κ1) is 13.9. The normalized spacial score (nSPS) is 20.3. The number of nitrogens with zero attached hydrogens (tertiary/aromatic N) is 1. The lowest BCUT2D eigenvalue weighted by molar-refractivity contribution is -0.137. The van der Waals surface area contributed by atoms with Crippen LogP contribution in [0.15, 0.2) is 29.3 Å². The van der Waals surface area contributed by atoms with Gasteiger partial charge in [0.05, 0.1) is 11.6 Å². The summed E-state index contributed by atoms with van der Waals surface area (Å²) in [6.07, 6.45) is -1.37. The molecule has 0 amide bonds. The molecule has 2 rings (SSSR count). The molecule has 0 bridgehead atoms. The highest BCUT2D eigenvalue weighted by molar-refractivity contribution is 5.49. The van der Waals surface area contributed by atoms with Crippen molar-refractivity contribution in [3.8, 4) is 0 Å². The van der Waals surface area contributed by atoms with Gasteiger partial charge in [-0.2, -0.15) is 13.2 Å². The first-order chi connectivity index (χ1) is 9.00. The van der Waals surface area contributed by atoms with Gasteiger partial charge in [0.25, 0.3) is 0 Å². The maximum absolute atomic E-state index is 12.7. The van der Waals surface area contributed by atoms with Crippen molar-refractivity contribution in [3.05, 3.63) is 35.4 Å². The molecule has 5 heteroatoms. The second-order valence-corrected chi connectivity index (χ2v) is 4.71. The van der Waals surface area contributed by atoms with Crippen LogP contribution in [0.25, 0.3) is 0 Å². The van der Waals surface area contributed by atoms with E-state index in [1.165, 1.54) is 18.5 Å². The van der Waals surface area contributed by atoms with Crippen LogP contribution in [0, 0.1) is 0 Å². The Bertz CT molecular complexity index is 456. The Hall–Kier alpha value is -1.52. The summed E-state index contributed by atoms with van der Waals surface area (Å²) in [4.78, 5) is 4.15. The molecule has 2 unspecified atom stereocenters. The molecule has 2 nitrogen and oxygen atoms in total. The molecule has 1 aromatic rings. The zero-order valence-electron chi connectivity index (χ0n) is 10.7. The molecule has 0 fully saturated rings. The molecule has 0 N–H and O–H groups in total. The number of rotatable bonds is 4. The summed E-state index contributed by atoms with van der Waals surface area (Å²) in [6.45, 7) is 2.50. The highest BCUT2D eigenvalue weighted by Gasteiger charge is 2.31. The third-order valence-corrected chi connectivity index (χ3v) is 3.37. The summed E-state index contributed by atoms with van der Waals surface area (Å²) >= 11 is 0. The molecule has 0 spiro atoms. The zero-order chi connectivity index (χ0) is 13.9. The van der Waals surface area contributed by atoms with Gasteiger partial charge in [-0.1, -0.05) is 25.1 Å². The van der Waals surface area contributed by atoms with E-state index in [0.717, 1.165) is 18.1 Å². The van der Waals surface area contributed by atoms with E-state index in [4.69, 9.17) is 4.74 Å². The van der Waals surface area contributed by atoms with E-state index in [1.807, 2.05) is 6.92 Å². The van der Waals surface area contributed by atoms with Crippen molar-refractivity contribution in [3.63, 3.8) is 0 Å². The average Bonchev–Trinajstić information content (AvgIpc) is 2.88. The number of hydrogen-bond acceptors (Lipinski definition) is 2. The van der Waals surface area contributed by atoms with Crippen molar-refractivity contribution in [1.82, 2.24) is 0 Å². The molecular formula is C14H16F3NO. The molecule has 0 aliphatic carbocycles. The second kappa shape index (κ2) is 5.63. The Labute approximate surface area is 110 Å². The van der Waals surface area contributed by atoms with Crippen LogP contribution < -0.4 is 0 Å². The second-order valence-electron chi connectivity index (χ2n) is 4.71. The van der Waals surface area contributed by atoms with Crippen molar-refractivity contribution in [2.24, 2.45) is 4.99 Å². The average molecular weight is 271 g/mol. The minimum Gasteiger partial charge on any atom is -0.481 e. The van der Waals surface area contributed by atoms with Crippen molar-refractivity contribution in [2.45, 2.75) is 37.9 Å². The van der Waals surface area contributed by atoms with E-state index in [0.29, 0.717) is 13.0 Å². The molecule has 1 aromatic carbocycles. The predicted molar refractivity (Wildman–Crippen MR) is 67.3 cm³/mol. The Kier molecular flexibility index (Phi) is 4.12. The third-order valence-electron chi connectivity index (χ3n) is 3.37. The van der Waals surface area contributed by atoms with Crippen molar-refractivity contribution >= 4 is 6.40 Å². The van der Waals surface area contributed by atoms with Gasteiger partial charge in [-0.15, -0.1) is 0 Å². The number of ether oxygens (including phenoxy) is 1. The largest absolute Gasteiger partial charge is 0.481 e. The number of halogens is 3. The van der Waals surface area contributed by atoms with Gasteiger partial charge in [0.1, 0.15) is 6.61 Å². The fraction of sp³-hybridized carbons (Fsp3) is 0.500. The molecular weight excluding hydrogens is 255 g/mol. The smallest absolute Gasteiger partial charge is 0.416 e. The van der Waals surface area contributed by atoms with Crippen LogP contribution in [0.1, 0.15) is 36.8 Å². The number of alkyl halides is 3. The van der Waals surface area contributed by atoms with Crippen LogP contribution in [-0.2, 0) is 10.9 Å². The lowest BCUT2D eigenvalue weighted by Crippen LogP contribution is -2.13. The minimum absolute atomic E-state index is 0.0551. The molecule has 0 aromatic heterocycles. The fourth-order valence-electron chi connectivity index (χ4n) is 2.29. The van der Waals surface area contributed by atoms with E-state index in [2.05, 4.69) is 4.99 Å². The van der Waals surface area contributed by atoms with Crippen LogP contribution in [0.2, 0.25) is 0 Å². The zero-order valence-corrected chi connectivity index (χ0v) is 10.7. The Balaban J connectivity index is 2.15. The number of aliphatic imine (C=N–C) groups is 1. The monoisotopic (exact) mass is 271 g/mol. The quantitative estimate of drug-likeness (QED) is 0.810. The van der Waals surface area contributed by atoms with Crippen LogP contribution in [0.3, 0.4) is 0 Å². The highest BCUT2D eigenvalue weighted by atomic mass is 19.4. The molecule has 0 saturated carbocycles. The first-order valence-electron chi connectivity index (χ1n) is 6.31.